The van der Waals surface area contributed by atoms with E-state index in [4.69, 9.17) is 14.2 Å². The van der Waals surface area contributed by atoms with E-state index in [0.717, 1.165) is 16.7 Å². The molecule has 3 aromatic rings. The van der Waals surface area contributed by atoms with Crippen molar-refractivity contribution in [3.8, 4) is 0 Å². The third-order valence-electron chi connectivity index (χ3n) is 6.65. The lowest BCUT2D eigenvalue weighted by Crippen LogP contribution is -2.64. The Labute approximate surface area is 243 Å². The number of amides is 1. The summed E-state index contributed by atoms with van der Waals surface area (Å²) in [7, 11) is 0. The van der Waals surface area contributed by atoms with Crippen LogP contribution in [0.3, 0.4) is 0 Å². The normalized spacial score (nSPS) is 18.5. The number of fused-ring (bicyclic) bond motifs is 1. The van der Waals surface area contributed by atoms with E-state index in [1.54, 1.807) is 0 Å². The van der Waals surface area contributed by atoms with E-state index in [1.807, 2.05) is 97.9 Å². The zero-order chi connectivity index (χ0) is 28.8. The van der Waals surface area contributed by atoms with Gasteiger partial charge >= 0.3 is 11.9 Å². The van der Waals surface area contributed by atoms with Crippen molar-refractivity contribution in [2.24, 2.45) is 4.99 Å². The second-order valence-corrected chi connectivity index (χ2v) is 10.5. The van der Waals surface area contributed by atoms with E-state index in [1.165, 1.54) is 23.6 Å². The van der Waals surface area contributed by atoms with Crippen LogP contribution in [-0.2, 0) is 28.6 Å². The molecule has 0 radical (unpaired) electrons. The van der Waals surface area contributed by atoms with Crippen LogP contribution in [0.5, 0.6) is 0 Å². The Hall–Kier alpha value is -4.37. The highest BCUT2D eigenvalue weighted by atomic mass is 32.2. The van der Waals surface area contributed by atoms with Crippen LogP contribution >= 0.6 is 11.8 Å². The highest BCUT2D eigenvalue weighted by molar-refractivity contribution is 8.00. The number of rotatable bonds is 9. The Morgan fingerprint density at radius 1 is 0.927 bits per heavy atom. The number of nitrogens with zero attached hydrogens (tertiary/aromatic N) is 2. The molecule has 41 heavy (non-hydrogen) atoms. The summed E-state index contributed by atoms with van der Waals surface area (Å²) < 4.78 is 17.2. The average molecular weight is 571 g/mol. The zero-order valence-corrected chi connectivity index (χ0v) is 23.6. The monoisotopic (exact) mass is 570 g/mol. The number of benzene rings is 3. The first-order valence-electron chi connectivity index (χ1n) is 13.3. The fourth-order valence-electron chi connectivity index (χ4n) is 4.72. The number of esters is 2. The number of hydrogen-bond donors (Lipinski definition) is 0. The van der Waals surface area contributed by atoms with Crippen molar-refractivity contribution in [1.29, 1.82) is 0 Å². The van der Waals surface area contributed by atoms with Crippen molar-refractivity contribution in [3.05, 3.63) is 119 Å². The smallest absolute Gasteiger partial charge is 0.356 e. The Morgan fingerprint density at radius 2 is 1.51 bits per heavy atom. The van der Waals surface area contributed by atoms with Gasteiger partial charge in [-0.15, -0.1) is 11.8 Å². The molecule has 1 saturated heterocycles. The molecule has 0 spiro atoms. The summed E-state index contributed by atoms with van der Waals surface area (Å²) in [5.74, 6) is -0.753. The summed E-state index contributed by atoms with van der Waals surface area (Å²) in [6, 6.07) is 27.5. The Morgan fingerprint density at radius 3 is 2.07 bits per heavy atom. The fraction of sp³-hybridized carbons (Fsp3) is 0.250. The molecule has 1 amide bonds. The van der Waals surface area contributed by atoms with Gasteiger partial charge in [0, 0.05) is 23.8 Å². The molecule has 210 valence electrons. The van der Waals surface area contributed by atoms with Crippen LogP contribution in [0.2, 0.25) is 0 Å². The van der Waals surface area contributed by atoms with Gasteiger partial charge in [-0.05, 0) is 30.2 Å². The first kappa shape index (κ1) is 28.2. The summed E-state index contributed by atoms with van der Waals surface area (Å²) in [5.41, 5.74) is 2.95. The Bertz CT molecular complexity index is 1420. The highest BCUT2D eigenvalue weighted by Gasteiger charge is 2.54. The summed E-state index contributed by atoms with van der Waals surface area (Å²) in [6.07, 6.45) is -0.701. The molecule has 0 bridgehead atoms. The molecule has 0 aliphatic carbocycles. The molecular weight excluding hydrogens is 540 g/mol. The van der Waals surface area contributed by atoms with Crippen LogP contribution in [0, 0.1) is 0 Å². The molecule has 2 aliphatic heterocycles. The van der Waals surface area contributed by atoms with Gasteiger partial charge in [0.2, 0.25) is 5.90 Å². The zero-order valence-electron chi connectivity index (χ0n) is 22.8. The SMILES string of the molecule is CCOC(=N[C@@H]1C(=O)N2C(C(=O)OC(c3ccccc3)c3ccccc3)=C(COC(C)=O)CS[C@H]12)c1ccccc1. The van der Waals surface area contributed by atoms with Gasteiger partial charge in [-0.2, -0.15) is 0 Å². The molecule has 0 saturated carbocycles. The molecule has 8 nitrogen and oxygen atoms in total. The van der Waals surface area contributed by atoms with Crippen molar-refractivity contribution >= 4 is 35.5 Å². The van der Waals surface area contributed by atoms with Crippen molar-refractivity contribution in [2.45, 2.75) is 31.4 Å². The predicted octanol–water partition coefficient (Wildman–Crippen LogP) is 4.90. The molecule has 0 N–H and O–H groups in total. The molecule has 5 rings (SSSR count). The summed E-state index contributed by atoms with van der Waals surface area (Å²) >= 11 is 1.46. The number of carbonyl (C=O) groups excluding carboxylic acids is 3. The standard InChI is InChI=1S/C32H30N2O6S/c1-3-38-29(24-17-11-6-12-18-24)33-26-30(36)34-27(25(19-39-21(2)35)20-41-31(26)34)32(37)40-28(22-13-7-4-8-14-22)23-15-9-5-10-16-23/h4-18,26,28,31H,3,19-20H2,1-2H3/t26-,31-/m1/s1. The van der Waals surface area contributed by atoms with Crippen molar-refractivity contribution in [3.63, 3.8) is 0 Å². The van der Waals surface area contributed by atoms with Gasteiger partial charge in [0.1, 0.15) is 17.7 Å². The minimum atomic E-state index is -0.737. The van der Waals surface area contributed by atoms with Gasteiger partial charge in [-0.25, -0.2) is 9.79 Å². The lowest BCUT2D eigenvalue weighted by molar-refractivity contribution is -0.153. The van der Waals surface area contributed by atoms with Crippen molar-refractivity contribution in [1.82, 2.24) is 4.90 Å². The maximum atomic E-state index is 13.9. The van der Waals surface area contributed by atoms with E-state index in [0.29, 0.717) is 23.8 Å². The van der Waals surface area contributed by atoms with E-state index in [9.17, 15) is 14.4 Å². The second-order valence-electron chi connectivity index (χ2n) is 9.43. The van der Waals surface area contributed by atoms with Crippen molar-refractivity contribution < 1.29 is 28.6 Å². The molecular formula is C32H30N2O6S. The maximum Gasteiger partial charge on any atom is 0.356 e. The number of carbonyl (C=O) groups is 3. The molecule has 2 atom stereocenters. The summed E-state index contributed by atoms with van der Waals surface area (Å²) in [6.45, 7) is 3.43. The second kappa shape index (κ2) is 12.9. The largest absolute Gasteiger partial charge is 0.478 e. The number of β-lactam (4-membered cyclic amide) rings is 1. The Balaban J connectivity index is 1.47. The first-order chi connectivity index (χ1) is 20.0. The number of ether oxygens (including phenoxy) is 3. The number of thioether (sulfide) groups is 1. The minimum absolute atomic E-state index is 0.0981. The number of aliphatic imine (C=N–C) groups is 1. The third kappa shape index (κ3) is 6.20. The van der Waals surface area contributed by atoms with Gasteiger partial charge in [0.25, 0.3) is 5.91 Å². The average Bonchev–Trinajstić information content (AvgIpc) is 3.01. The molecule has 2 heterocycles. The minimum Gasteiger partial charge on any atom is -0.478 e. The fourth-order valence-corrected chi connectivity index (χ4v) is 6.03. The lowest BCUT2D eigenvalue weighted by atomic mass is 10.0. The van der Waals surface area contributed by atoms with Crippen LogP contribution in [0.4, 0.5) is 0 Å². The van der Waals surface area contributed by atoms with Crippen molar-refractivity contribution in [2.75, 3.05) is 19.0 Å². The highest BCUT2D eigenvalue weighted by Crippen LogP contribution is 2.43. The maximum absolute atomic E-state index is 13.9. The quantitative estimate of drug-likeness (QED) is 0.156. The van der Waals surface area contributed by atoms with Crippen LogP contribution in [0.15, 0.2) is 107 Å². The van der Waals surface area contributed by atoms with E-state index >= 15 is 0 Å². The molecule has 2 aliphatic rings. The van der Waals surface area contributed by atoms with Gasteiger partial charge in [0.05, 0.1) is 6.61 Å². The molecule has 0 unspecified atom stereocenters. The predicted molar refractivity (Wildman–Crippen MR) is 156 cm³/mol. The van der Waals surface area contributed by atoms with Crippen LogP contribution in [0.25, 0.3) is 0 Å². The van der Waals surface area contributed by atoms with E-state index in [2.05, 4.69) is 4.99 Å². The van der Waals surface area contributed by atoms with Gasteiger partial charge in [-0.3, -0.25) is 14.5 Å². The van der Waals surface area contributed by atoms with Crippen LogP contribution in [0.1, 0.15) is 36.6 Å². The molecule has 3 aromatic carbocycles. The molecule has 9 heteroatoms. The lowest BCUT2D eigenvalue weighted by Gasteiger charge is -2.48. The van der Waals surface area contributed by atoms with Gasteiger partial charge in [0.15, 0.2) is 12.1 Å². The van der Waals surface area contributed by atoms with Gasteiger partial charge in [-0.1, -0.05) is 78.9 Å². The topological polar surface area (TPSA) is 94.5 Å². The summed E-state index contributed by atoms with van der Waals surface area (Å²) in [5, 5.41) is -0.433. The van der Waals surface area contributed by atoms with Crippen LogP contribution < -0.4 is 0 Å². The number of hydrogen-bond acceptors (Lipinski definition) is 8. The molecule has 1 fully saturated rings. The van der Waals surface area contributed by atoms with Crippen LogP contribution in [-0.4, -0.2) is 59.0 Å². The first-order valence-corrected chi connectivity index (χ1v) is 14.4. The summed E-state index contributed by atoms with van der Waals surface area (Å²) in [4.78, 5) is 45.2. The van der Waals surface area contributed by atoms with E-state index in [-0.39, 0.29) is 18.2 Å². The van der Waals surface area contributed by atoms with E-state index < -0.39 is 29.5 Å². The Kier molecular flexibility index (Phi) is 8.84. The third-order valence-corrected chi connectivity index (χ3v) is 7.98. The van der Waals surface area contributed by atoms with Gasteiger partial charge < -0.3 is 14.2 Å². The molecule has 0 aromatic heterocycles.